The Hall–Kier alpha value is -1.62. The Morgan fingerprint density at radius 2 is 2.36 bits per heavy atom. The van der Waals surface area contributed by atoms with Crippen LogP contribution in [0.2, 0.25) is 0 Å². The molecule has 0 spiro atoms. The number of nitrogen functional groups attached to an aromatic ring is 1. The van der Waals surface area contributed by atoms with E-state index in [1.807, 2.05) is 17.5 Å². The van der Waals surface area contributed by atoms with Crippen molar-refractivity contribution in [2.75, 3.05) is 5.73 Å². The van der Waals surface area contributed by atoms with Crippen molar-refractivity contribution in [1.82, 2.24) is 9.97 Å². The molecule has 2 aromatic rings. The van der Waals surface area contributed by atoms with E-state index in [0.717, 1.165) is 4.88 Å². The first-order valence-electron chi connectivity index (χ1n) is 4.07. The maximum Gasteiger partial charge on any atom is 0.234 e. The lowest BCUT2D eigenvalue weighted by atomic mass is 10.5. The van der Waals surface area contributed by atoms with Crippen molar-refractivity contribution in [3.8, 4) is 5.88 Å². The first-order valence-corrected chi connectivity index (χ1v) is 4.95. The molecule has 0 aliphatic rings. The quantitative estimate of drug-likeness (QED) is 0.832. The van der Waals surface area contributed by atoms with E-state index < -0.39 is 0 Å². The number of hydrogen-bond donors (Lipinski definition) is 1. The summed E-state index contributed by atoms with van der Waals surface area (Å²) in [6.45, 7) is 0.510. The van der Waals surface area contributed by atoms with Crippen LogP contribution < -0.4 is 10.5 Å². The first kappa shape index (κ1) is 8.96. The van der Waals surface area contributed by atoms with Crippen molar-refractivity contribution >= 4 is 17.2 Å². The molecule has 0 saturated carbocycles. The monoisotopic (exact) mass is 207 g/mol. The van der Waals surface area contributed by atoms with Crippen molar-refractivity contribution < 1.29 is 4.74 Å². The fraction of sp³-hybridized carbons (Fsp3) is 0.111. The summed E-state index contributed by atoms with van der Waals surface area (Å²) in [4.78, 5) is 8.99. The second kappa shape index (κ2) is 4.06. The van der Waals surface area contributed by atoms with Gasteiger partial charge in [0.05, 0.1) is 12.4 Å². The van der Waals surface area contributed by atoms with E-state index in [1.54, 1.807) is 17.5 Å². The molecule has 5 heteroatoms. The highest BCUT2D eigenvalue weighted by atomic mass is 32.1. The van der Waals surface area contributed by atoms with Gasteiger partial charge in [-0.25, -0.2) is 0 Å². The van der Waals surface area contributed by atoms with Crippen molar-refractivity contribution in [2.24, 2.45) is 0 Å². The average Bonchev–Trinajstić information content (AvgIpc) is 2.67. The number of thiophene rings is 1. The smallest absolute Gasteiger partial charge is 0.234 e. The highest BCUT2D eigenvalue weighted by Crippen LogP contribution is 2.13. The number of ether oxygens (including phenoxy) is 1. The Morgan fingerprint density at radius 3 is 3.07 bits per heavy atom. The zero-order valence-electron chi connectivity index (χ0n) is 7.38. The van der Waals surface area contributed by atoms with Crippen LogP contribution in [-0.2, 0) is 6.61 Å². The number of nitrogens with two attached hydrogens (primary N) is 1. The minimum atomic E-state index is 0.369. The number of hydrogen-bond acceptors (Lipinski definition) is 5. The van der Waals surface area contributed by atoms with E-state index in [0.29, 0.717) is 18.3 Å². The summed E-state index contributed by atoms with van der Waals surface area (Å²) in [6.07, 6.45) is 3.03. The van der Waals surface area contributed by atoms with Crippen molar-refractivity contribution in [1.29, 1.82) is 0 Å². The zero-order valence-corrected chi connectivity index (χ0v) is 8.20. The summed E-state index contributed by atoms with van der Waals surface area (Å²) in [6, 6.07) is 3.98. The highest BCUT2D eigenvalue weighted by Gasteiger charge is 1.98. The van der Waals surface area contributed by atoms with Crippen LogP contribution in [0, 0.1) is 0 Å². The fourth-order valence-corrected chi connectivity index (χ4v) is 1.59. The molecule has 0 amide bonds. The molecule has 0 aliphatic heterocycles. The van der Waals surface area contributed by atoms with Gasteiger partial charge < -0.3 is 10.5 Å². The number of nitrogens with zero attached hydrogens (tertiary/aromatic N) is 2. The lowest BCUT2D eigenvalue weighted by molar-refractivity contribution is 0.296. The molecule has 14 heavy (non-hydrogen) atoms. The highest BCUT2D eigenvalue weighted by molar-refractivity contribution is 7.09. The van der Waals surface area contributed by atoms with Crippen molar-refractivity contribution in [2.45, 2.75) is 6.61 Å². The van der Waals surface area contributed by atoms with Gasteiger partial charge in [-0.05, 0) is 11.4 Å². The van der Waals surface area contributed by atoms with Gasteiger partial charge in [0.25, 0.3) is 0 Å². The molecule has 0 aliphatic carbocycles. The van der Waals surface area contributed by atoms with Crippen LogP contribution >= 0.6 is 11.3 Å². The minimum absolute atomic E-state index is 0.369. The van der Waals surface area contributed by atoms with Crippen molar-refractivity contribution in [3.05, 3.63) is 34.8 Å². The van der Waals surface area contributed by atoms with Crippen LogP contribution in [-0.4, -0.2) is 9.97 Å². The molecular formula is C9H9N3OS. The van der Waals surface area contributed by atoms with E-state index in [4.69, 9.17) is 10.5 Å². The second-order valence-corrected chi connectivity index (χ2v) is 3.68. The Balaban J connectivity index is 1.98. The largest absolute Gasteiger partial charge is 0.471 e. The number of anilines is 1. The molecule has 0 unspecified atom stereocenters. The van der Waals surface area contributed by atoms with Crippen LogP contribution in [0.4, 0.5) is 5.82 Å². The molecule has 0 atom stereocenters. The van der Waals surface area contributed by atoms with E-state index in [1.165, 1.54) is 6.20 Å². The molecule has 0 fully saturated rings. The molecular weight excluding hydrogens is 198 g/mol. The summed E-state index contributed by atoms with van der Waals surface area (Å²) in [5, 5.41) is 2.00. The summed E-state index contributed by atoms with van der Waals surface area (Å²) >= 11 is 1.64. The van der Waals surface area contributed by atoms with Crippen LogP contribution in [0.15, 0.2) is 29.9 Å². The Bertz CT molecular complexity index is 402. The molecule has 2 heterocycles. The Kier molecular flexibility index (Phi) is 2.60. The molecule has 0 saturated heterocycles. The summed E-state index contributed by atoms with van der Waals surface area (Å²) in [5.41, 5.74) is 5.46. The van der Waals surface area contributed by atoms with Gasteiger partial charge in [0.2, 0.25) is 5.88 Å². The Labute approximate surface area is 85.4 Å². The summed E-state index contributed by atoms with van der Waals surface area (Å²) < 4.78 is 5.39. The SMILES string of the molecule is Nc1cncc(OCc2cccs2)n1. The molecule has 0 bridgehead atoms. The van der Waals surface area contributed by atoms with Gasteiger partial charge in [-0.15, -0.1) is 11.3 Å². The third-order valence-corrected chi connectivity index (χ3v) is 2.42. The molecule has 2 aromatic heterocycles. The average molecular weight is 207 g/mol. The molecule has 0 radical (unpaired) electrons. The van der Waals surface area contributed by atoms with Gasteiger partial charge in [0.15, 0.2) is 0 Å². The van der Waals surface area contributed by atoms with Gasteiger partial charge in [0.1, 0.15) is 12.4 Å². The molecule has 4 nitrogen and oxygen atoms in total. The maximum atomic E-state index is 5.46. The van der Waals surface area contributed by atoms with Gasteiger partial charge in [-0.3, -0.25) is 4.98 Å². The van der Waals surface area contributed by atoms with E-state index >= 15 is 0 Å². The first-order chi connectivity index (χ1) is 6.84. The third kappa shape index (κ3) is 2.20. The van der Waals surface area contributed by atoms with Gasteiger partial charge in [-0.1, -0.05) is 6.07 Å². The Morgan fingerprint density at radius 1 is 1.43 bits per heavy atom. The third-order valence-electron chi connectivity index (χ3n) is 1.57. The van der Waals surface area contributed by atoms with Crippen LogP contribution in [0.25, 0.3) is 0 Å². The normalized spacial score (nSPS) is 10.0. The van der Waals surface area contributed by atoms with Gasteiger partial charge in [0, 0.05) is 4.88 Å². The van der Waals surface area contributed by atoms with Gasteiger partial charge in [-0.2, -0.15) is 4.98 Å². The standard InChI is InChI=1S/C9H9N3OS/c10-8-4-11-5-9(12-8)13-6-7-2-1-3-14-7/h1-5H,6H2,(H2,10,12). The van der Waals surface area contributed by atoms with Crippen molar-refractivity contribution in [3.63, 3.8) is 0 Å². The maximum absolute atomic E-state index is 5.46. The van der Waals surface area contributed by atoms with E-state index in [-0.39, 0.29) is 0 Å². The predicted octanol–water partition coefficient (Wildman–Crippen LogP) is 1.70. The van der Waals surface area contributed by atoms with E-state index in [9.17, 15) is 0 Å². The summed E-state index contributed by atoms with van der Waals surface area (Å²) in [5.74, 6) is 0.826. The molecule has 2 N–H and O–H groups in total. The summed E-state index contributed by atoms with van der Waals surface area (Å²) in [7, 11) is 0. The van der Waals surface area contributed by atoms with Gasteiger partial charge >= 0.3 is 0 Å². The molecule has 2 rings (SSSR count). The molecule has 72 valence electrons. The van der Waals surface area contributed by atoms with Crippen LogP contribution in [0.5, 0.6) is 5.88 Å². The van der Waals surface area contributed by atoms with Crippen LogP contribution in [0.3, 0.4) is 0 Å². The molecule has 0 aromatic carbocycles. The number of rotatable bonds is 3. The van der Waals surface area contributed by atoms with E-state index in [2.05, 4.69) is 9.97 Å². The topological polar surface area (TPSA) is 61.0 Å². The second-order valence-electron chi connectivity index (χ2n) is 2.65. The minimum Gasteiger partial charge on any atom is -0.471 e. The predicted molar refractivity (Wildman–Crippen MR) is 55.1 cm³/mol. The van der Waals surface area contributed by atoms with Crippen LogP contribution in [0.1, 0.15) is 4.88 Å². The lowest BCUT2D eigenvalue weighted by Gasteiger charge is -2.02. The lowest BCUT2D eigenvalue weighted by Crippen LogP contribution is -1.98. The zero-order chi connectivity index (χ0) is 9.80. The number of aromatic nitrogens is 2. The fourth-order valence-electron chi connectivity index (χ4n) is 0.972.